The minimum absolute atomic E-state index is 0.139. The smallest absolute Gasteiger partial charge is 0.414 e. The number of carboxylic acid groups (broad SMARTS) is 2. The fourth-order valence-electron chi connectivity index (χ4n) is 3.86. The lowest BCUT2D eigenvalue weighted by Crippen LogP contribution is -2.18. The SMILES string of the molecule is Cc1ccc(-c2cnc(NCc3cc(C(C)(C)C)c(O)c(C(C)(C)C)c3)n2C)cc1C.O=C(O)C(=O)O. The molecule has 37 heavy (non-hydrogen) atoms. The number of aromatic nitrogens is 2. The summed E-state index contributed by atoms with van der Waals surface area (Å²) < 4.78 is 2.10. The number of hydrogen-bond acceptors (Lipinski definition) is 5. The number of carboxylic acids is 2. The zero-order valence-corrected chi connectivity index (χ0v) is 23.2. The number of anilines is 1. The summed E-state index contributed by atoms with van der Waals surface area (Å²) >= 11 is 0. The highest BCUT2D eigenvalue weighted by molar-refractivity contribution is 6.27. The van der Waals surface area contributed by atoms with Gasteiger partial charge >= 0.3 is 11.9 Å². The first-order valence-electron chi connectivity index (χ1n) is 12.1. The van der Waals surface area contributed by atoms with Gasteiger partial charge in [-0.25, -0.2) is 14.6 Å². The summed E-state index contributed by atoms with van der Waals surface area (Å²) in [5.74, 6) is -2.40. The van der Waals surface area contributed by atoms with Crippen LogP contribution in [0, 0.1) is 13.8 Å². The summed E-state index contributed by atoms with van der Waals surface area (Å²) in [6, 6.07) is 10.7. The maximum absolute atomic E-state index is 10.9. The van der Waals surface area contributed by atoms with Gasteiger partial charge in [0.05, 0.1) is 11.9 Å². The number of aromatic hydroxyl groups is 1. The van der Waals surface area contributed by atoms with Crippen LogP contribution in [0.1, 0.15) is 69.4 Å². The molecule has 0 fully saturated rings. The van der Waals surface area contributed by atoms with Crippen LogP contribution in [-0.2, 0) is 34.0 Å². The van der Waals surface area contributed by atoms with E-state index in [9.17, 15) is 5.11 Å². The number of nitrogens with one attached hydrogen (secondary N) is 1. The molecule has 4 N–H and O–H groups in total. The molecule has 0 bridgehead atoms. The Morgan fingerprint density at radius 2 is 1.41 bits per heavy atom. The zero-order valence-electron chi connectivity index (χ0n) is 23.2. The van der Waals surface area contributed by atoms with Crippen molar-refractivity contribution < 1.29 is 24.9 Å². The molecule has 0 spiro atoms. The maximum Gasteiger partial charge on any atom is 0.414 e. The van der Waals surface area contributed by atoms with Crippen LogP contribution in [0.2, 0.25) is 0 Å². The molecule has 0 unspecified atom stereocenters. The Labute approximate surface area is 219 Å². The second-order valence-electron chi connectivity index (χ2n) is 11.3. The van der Waals surface area contributed by atoms with Crippen LogP contribution in [0.3, 0.4) is 0 Å². The molecule has 1 aromatic heterocycles. The molecule has 2 aromatic carbocycles. The summed E-state index contributed by atoms with van der Waals surface area (Å²) in [7, 11) is 2.04. The molecule has 8 heteroatoms. The van der Waals surface area contributed by atoms with E-state index in [-0.39, 0.29) is 10.8 Å². The van der Waals surface area contributed by atoms with Crippen LogP contribution in [-0.4, -0.2) is 36.8 Å². The fraction of sp³-hybridized carbons (Fsp3) is 0.414. The van der Waals surface area contributed by atoms with Gasteiger partial charge in [-0.1, -0.05) is 53.7 Å². The Morgan fingerprint density at radius 1 is 0.892 bits per heavy atom. The van der Waals surface area contributed by atoms with Gasteiger partial charge in [0.2, 0.25) is 5.95 Å². The van der Waals surface area contributed by atoms with Gasteiger partial charge in [-0.2, -0.15) is 0 Å². The number of rotatable bonds is 4. The Balaban J connectivity index is 0.000000717. The monoisotopic (exact) mass is 509 g/mol. The predicted octanol–water partition coefficient (Wildman–Crippen LogP) is 5.77. The Kier molecular flexibility index (Phi) is 8.80. The first-order valence-corrected chi connectivity index (χ1v) is 12.1. The van der Waals surface area contributed by atoms with E-state index in [4.69, 9.17) is 19.8 Å². The maximum atomic E-state index is 10.9. The lowest BCUT2D eigenvalue weighted by atomic mass is 9.78. The topological polar surface area (TPSA) is 125 Å². The first-order chi connectivity index (χ1) is 16.9. The Hall–Kier alpha value is -3.81. The summed E-state index contributed by atoms with van der Waals surface area (Å²) in [6.45, 7) is 17.7. The van der Waals surface area contributed by atoms with Crippen LogP contribution in [0.15, 0.2) is 36.5 Å². The van der Waals surface area contributed by atoms with Crippen molar-refractivity contribution in [2.45, 2.75) is 72.8 Å². The van der Waals surface area contributed by atoms with Gasteiger partial charge in [0.25, 0.3) is 0 Å². The first kappa shape index (κ1) is 29.4. The molecule has 0 saturated carbocycles. The molecule has 8 nitrogen and oxygen atoms in total. The number of imidazole rings is 1. The van der Waals surface area contributed by atoms with Gasteiger partial charge in [-0.05, 0) is 70.7 Å². The van der Waals surface area contributed by atoms with E-state index in [0.29, 0.717) is 12.3 Å². The molecule has 3 rings (SSSR count). The summed E-state index contributed by atoms with van der Waals surface area (Å²) in [4.78, 5) is 22.8. The van der Waals surface area contributed by atoms with Crippen molar-refractivity contribution in [3.05, 3.63) is 64.3 Å². The van der Waals surface area contributed by atoms with E-state index in [1.165, 1.54) is 16.7 Å². The molecule has 200 valence electrons. The minimum atomic E-state index is -1.82. The van der Waals surface area contributed by atoms with Gasteiger partial charge in [0.15, 0.2) is 0 Å². The highest BCUT2D eigenvalue weighted by Gasteiger charge is 2.26. The predicted molar refractivity (Wildman–Crippen MR) is 146 cm³/mol. The number of hydrogen-bond donors (Lipinski definition) is 4. The zero-order chi connectivity index (χ0) is 28.3. The molecule has 0 radical (unpaired) electrons. The summed E-state index contributed by atoms with van der Waals surface area (Å²) in [5.41, 5.74) is 7.65. The summed E-state index contributed by atoms with van der Waals surface area (Å²) in [6.07, 6.45) is 1.92. The number of phenols is 1. The molecule has 0 amide bonds. The molecular formula is C29H39N3O5. The molecule has 3 aromatic rings. The summed E-state index contributed by atoms with van der Waals surface area (Å²) in [5, 5.41) is 29.2. The second kappa shape index (κ2) is 11.1. The molecule has 0 saturated heterocycles. The van der Waals surface area contributed by atoms with Crippen molar-refractivity contribution in [1.29, 1.82) is 0 Å². The molecule has 1 heterocycles. The van der Waals surface area contributed by atoms with Crippen molar-refractivity contribution in [2.24, 2.45) is 7.05 Å². The van der Waals surface area contributed by atoms with Crippen LogP contribution < -0.4 is 5.32 Å². The van der Waals surface area contributed by atoms with Gasteiger partial charge in [-0.15, -0.1) is 0 Å². The Morgan fingerprint density at radius 3 is 1.84 bits per heavy atom. The van der Waals surface area contributed by atoms with Crippen molar-refractivity contribution in [2.75, 3.05) is 5.32 Å². The Bertz CT molecular complexity index is 1250. The quantitative estimate of drug-likeness (QED) is 0.329. The van der Waals surface area contributed by atoms with Gasteiger partial charge in [-0.3, -0.25) is 0 Å². The van der Waals surface area contributed by atoms with Crippen molar-refractivity contribution in [3.63, 3.8) is 0 Å². The van der Waals surface area contributed by atoms with E-state index in [0.717, 1.165) is 28.3 Å². The van der Waals surface area contributed by atoms with E-state index in [1.807, 2.05) is 13.2 Å². The largest absolute Gasteiger partial charge is 0.507 e. The number of carbonyl (C=O) groups is 2. The van der Waals surface area contributed by atoms with E-state index >= 15 is 0 Å². The van der Waals surface area contributed by atoms with E-state index < -0.39 is 11.9 Å². The third-order valence-corrected chi connectivity index (χ3v) is 6.21. The number of aliphatic carboxylic acids is 2. The molecule has 0 aliphatic carbocycles. The van der Waals surface area contributed by atoms with Crippen LogP contribution in [0.5, 0.6) is 5.75 Å². The molecular weight excluding hydrogens is 470 g/mol. The average molecular weight is 510 g/mol. The minimum Gasteiger partial charge on any atom is -0.507 e. The van der Waals surface area contributed by atoms with Crippen molar-refractivity contribution in [1.82, 2.24) is 9.55 Å². The van der Waals surface area contributed by atoms with Gasteiger partial charge < -0.3 is 25.2 Å². The number of nitrogens with zero attached hydrogens (tertiary/aromatic N) is 2. The molecule has 0 aliphatic rings. The number of benzene rings is 2. The van der Waals surface area contributed by atoms with Crippen LogP contribution in [0.25, 0.3) is 11.3 Å². The number of phenolic OH excluding ortho intramolecular Hbond substituents is 1. The van der Waals surface area contributed by atoms with Crippen LogP contribution >= 0.6 is 0 Å². The van der Waals surface area contributed by atoms with Gasteiger partial charge in [0.1, 0.15) is 5.75 Å². The number of aryl methyl sites for hydroxylation is 2. The van der Waals surface area contributed by atoms with Crippen LogP contribution in [0.4, 0.5) is 5.95 Å². The lowest BCUT2D eigenvalue weighted by Gasteiger charge is -2.28. The molecule has 0 aliphatic heterocycles. The van der Waals surface area contributed by atoms with E-state index in [2.05, 4.69) is 101 Å². The van der Waals surface area contributed by atoms with Gasteiger partial charge in [0, 0.05) is 19.2 Å². The standard InChI is InChI=1S/C27H37N3O.C2H2O4/c1-17-10-11-20(12-18(17)2)23-16-29-25(30(23)9)28-15-19-13-21(26(3,4)5)24(31)22(14-19)27(6,7)8;3-1(4)2(5)6/h10-14,16,31H,15H2,1-9H3,(H,28,29);(H,3,4)(H,5,6). The lowest BCUT2D eigenvalue weighted by molar-refractivity contribution is -0.159. The molecule has 0 atom stereocenters. The highest BCUT2D eigenvalue weighted by Crippen LogP contribution is 2.40. The van der Waals surface area contributed by atoms with Crippen molar-refractivity contribution >= 4 is 17.9 Å². The van der Waals surface area contributed by atoms with E-state index in [1.54, 1.807) is 0 Å². The third kappa shape index (κ3) is 7.35. The average Bonchev–Trinajstić information content (AvgIpc) is 3.14. The fourth-order valence-corrected chi connectivity index (χ4v) is 3.86. The second-order valence-corrected chi connectivity index (χ2v) is 11.3. The normalized spacial score (nSPS) is 11.5. The highest BCUT2D eigenvalue weighted by atomic mass is 16.4. The third-order valence-electron chi connectivity index (χ3n) is 6.21. The van der Waals surface area contributed by atoms with Crippen molar-refractivity contribution in [3.8, 4) is 17.0 Å².